The molecule has 1 unspecified atom stereocenters. The van der Waals surface area contributed by atoms with Crippen molar-refractivity contribution >= 4 is 28.5 Å². The molecule has 0 amide bonds. The van der Waals surface area contributed by atoms with Crippen LogP contribution in [0.3, 0.4) is 0 Å². The fourth-order valence-corrected chi connectivity index (χ4v) is 3.60. The van der Waals surface area contributed by atoms with Gasteiger partial charge in [-0.05, 0) is 18.6 Å². The van der Waals surface area contributed by atoms with Crippen molar-refractivity contribution in [2.24, 2.45) is 7.05 Å². The molecular weight excluding hydrogens is 377 g/mol. The summed E-state index contributed by atoms with van der Waals surface area (Å²) in [5.74, 6) is 0.176. The number of nitrogen functional groups attached to an aromatic ring is 1. The molecule has 0 radical (unpaired) electrons. The molecule has 0 saturated heterocycles. The largest absolute Gasteiger partial charge is 0.393 e. The zero-order valence-electron chi connectivity index (χ0n) is 14.4. The molecule has 27 heavy (non-hydrogen) atoms. The Hall–Kier alpha value is -2.80. The number of halogens is 3. The monoisotopic (exact) mass is 392 g/mol. The molecule has 0 bridgehead atoms. The molecule has 3 aromatic heterocycles. The standard InChI is InChI=1S/C17H15F3N6S/c1-9(27-16-24-11(6-21)3-15(22)25-16)13-4-12-10(5-17(18,19)20)8-26(2)14(12)7-23-13/h3-4,7-9H,5H2,1-2H3,(H2,22,24,25). The lowest BCUT2D eigenvalue weighted by molar-refractivity contribution is -0.127. The number of nitriles is 1. The predicted octanol–water partition coefficient (Wildman–Crippen LogP) is 3.78. The molecule has 6 nitrogen and oxygen atoms in total. The quantitative estimate of drug-likeness (QED) is 0.537. The Morgan fingerprint density at radius 1 is 1.33 bits per heavy atom. The summed E-state index contributed by atoms with van der Waals surface area (Å²) in [5, 5.41) is 9.54. The van der Waals surface area contributed by atoms with Crippen LogP contribution in [-0.4, -0.2) is 25.7 Å². The van der Waals surface area contributed by atoms with Crippen LogP contribution in [0, 0.1) is 11.3 Å². The summed E-state index contributed by atoms with van der Waals surface area (Å²) >= 11 is 1.23. The van der Waals surface area contributed by atoms with Crippen molar-refractivity contribution < 1.29 is 13.2 Å². The predicted molar refractivity (Wildman–Crippen MR) is 95.9 cm³/mol. The molecule has 0 spiro atoms. The van der Waals surface area contributed by atoms with E-state index in [1.54, 1.807) is 23.9 Å². The first-order valence-electron chi connectivity index (χ1n) is 7.88. The highest BCUT2D eigenvalue weighted by atomic mass is 32.2. The van der Waals surface area contributed by atoms with Gasteiger partial charge in [-0.3, -0.25) is 4.98 Å². The zero-order chi connectivity index (χ0) is 19.8. The van der Waals surface area contributed by atoms with Gasteiger partial charge in [0, 0.05) is 24.7 Å². The number of aromatic nitrogens is 4. The fourth-order valence-electron chi connectivity index (χ4n) is 2.73. The maximum atomic E-state index is 12.9. The molecule has 3 rings (SSSR count). The highest BCUT2D eigenvalue weighted by Gasteiger charge is 2.29. The molecular formula is C17H15F3N6S. The molecule has 2 N–H and O–H groups in total. The summed E-state index contributed by atoms with van der Waals surface area (Å²) in [4.78, 5) is 12.5. The minimum Gasteiger partial charge on any atom is -0.384 e. The molecule has 1 atom stereocenters. The summed E-state index contributed by atoms with van der Waals surface area (Å²) in [6.07, 6.45) is -2.26. The molecule has 0 fully saturated rings. The van der Waals surface area contributed by atoms with Gasteiger partial charge >= 0.3 is 6.18 Å². The first-order chi connectivity index (χ1) is 12.7. The number of anilines is 1. The second-order valence-electron chi connectivity index (χ2n) is 6.02. The second-order valence-corrected chi connectivity index (χ2v) is 7.32. The third-order valence-corrected chi connectivity index (χ3v) is 4.90. The van der Waals surface area contributed by atoms with E-state index in [4.69, 9.17) is 11.0 Å². The number of thioether (sulfide) groups is 1. The van der Waals surface area contributed by atoms with Crippen molar-refractivity contribution in [1.82, 2.24) is 19.5 Å². The van der Waals surface area contributed by atoms with E-state index < -0.39 is 12.6 Å². The lowest BCUT2D eigenvalue weighted by atomic mass is 10.1. The number of rotatable bonds is 4. The highest BCUT2D eigenvalue weighted by molar-refractivity contribution is 7.99. The van der Waals surface area contributed by atoms with Crippen LogP contribution in [0.5, 0.6) is 0 Å². The van der Waals surface area contributed by atoms with Gasteiger partial charge in [0.05, 0.1) is 29.1 Å². The van der Waals surface area contributed by atoms with E-state index in [1.165, 1.54) is 24.0 Å². The lowest BCUT2D eigenvalue weighted by Gasteiger charge is -2.11. The lowest BCUT2D eigenvalue weighted by Crippen LogP contribution is -2.11. The van der Waals surface area contributed by atoms with E-state index in [2.05, 4.69) is 15.0 Å². The van der Waals surface area contributed by atoms with E-state index in [1.807, 2.05) is 13.0 Å². The van der Waals surface area contributed by atoms with Gasteiger partial charge in [-0.1, -0.05) is 11.8 Å². The number of nitrogens with two attached hydrogens (primary N) is 1. The molecule has 0 aliphatic rings. The summed E-state index contributed by atoms with van der Waals surface area (Å²) in [5.41, 5.74) is 7.23. The number of fused-ring (bicyclic) bond motifs is 1. The van der Waals surface area contributed by atoms with Crippen LogP contribution in [-0.2, 0) is 13.5 Å². The summed E-state index contributed by atoms with van der Waals surface area (Å²) < 4.78 is 40.2. The van der Waals surface area contributed by atoms with Crippen LogP contribution in [0.4, 0.5) is 19.0 Å². The van der Waals surface area contributed by atoms with Gasteiger partial charge in [0.25, 0.3) is 0 Å². The third kappa shape index (κ3) is 4.31. The van der Waals surface area contributed by atoms with Crippen molar-refractivity contribution in [3.05, 3.63) is 41.5 Å². The minimum absolute atomic E-state index is 0.149. The van der Waals surface area contributed by atoms with Crippen LogP contribution in [0.1, 0.15) is 29.1 Å². The zero-order valence-corrected chi connectivity index (χ0v) is 15.3. The first-order valence-corrected chi connectivity index (χ1v) is 8.76. The van der Waals surface area contributed by atoms with Gasteiger partial charge in [-0.25, -0.2) is 9.97 Å². The topological polar surface area (TPSA) is 93.4 Å². The summed E-state index contributed by atoms with van der Waals surface area (Å²) in [6.45, 7) is 1.84. The number of hydrogen-bond donors (Lipinski definition) is 1. The van der Waals surface area contributed by atoms with E-state index in [-0.39, 0.29) is 22.3 Å². The van der Waals surface area contributed by atoms with E-state index in [9.17, 15) is 13.2 Å². The Morgan fingerprint density at radius 3 is 2.74 bits per heavy atom. The van der Waals surface area contributed by atoms with E-state index in [0.29, 0.717) is 21.8 Å². The molecule has 0 aliphatic carbocycles. The Labute approximate surface area is 157 Å². The number of aryl methyl sites for hydroxylation is 1. The molecule has 0 aromatic carbocycles. The SMILES string of the molecule is CC(Sc1nc(N)cc(C#N)n1)c1cc2c(CC(F)(F)F)cn(C)c2cn1. The number of alkyl halides is 3. The van der Waals surface area contributed by atoms with Gasteiger partial charge in [0.2, 0.25) is 0 Å². The van der Waals surface area contributed by atoms with E-state index >= 15 is 0 Å². The van der Waals surface area contributed by atoms with Crippen molar-refractivity contribution in [2.75, 3.05) is 5.73 Å². The Bertz CT molecular complexity index is 1040. The van der Waals surface area contributed by atoms with Crippen molar-refractivity contribution in [2.45, 2.75) is 29.9 Å². The van der Waals surface area contributed by atoms with Gasteiger partial charge in [0.15, 0.2) is 5.16 Å². The van der Waals surface area contributed by atoms with E-state index in [0.717, 1.165) is 0 Å². The van der Waals surface area contributed by atoms with Crippen molar-refractivity contribution in [3.63, 3.8) is 0 Å². The summed E-state index contributed by atoms with van der Waals surface area (Å²) in [6, 6.07) is 4.93. The molecule has 10 heteroatoms. The smallest absolute Gasteiger partial charge is 0.384 e. The van der Waals surface area contributed by atoms with Gasteiger partial charge < -0.3 is 10.3 Å². The molecule has 0 aliphatic heterocycles. The summed E-state index contributed by atoms with van der Waals surface area (Å²) in [7, 11) is 1.69. The van der Waals surface area contributed by atoms with Crippen LogP contribution in [0.25, 0.3) is 10.9 Å². The normalized spacial score (nSPS) is 12.9. The van der Waals surface area contributed by atoms with Crippen LogP contribution >= 0.6 is 11.8 Å². The minimum atomic E-state index is -4.29. The maximum absolute atomic E-state index is 12.9. The van der Waals surface area contributed by atoms with Crippen LogP contribution in [0.15, 0.2) is 29.7 Å². The van der Waals surface area contributed by atoms with Gasteiger partial charge in [0.1, 0.15) is 17.6 Å². The third-order valence-electron chi connectivity index (χ3n) is 3.91. The molecule has 3 aromatic rings. The Balaban J connectivity index is 1.93. The molecule has 0 saturated carbocycles. The average Bonchev–Trinajstić information content (AvgIpc) is 2.87. The Kier molecular flexibility index (Phi) is 4.97. The van der Waals surface area contributed by atoms with Crippen LogP contribution in [0.2, 0.25) is 0 Å². The highest BCUT2D eigenvalue weighted by Crippen LogP contribution is 2.35. The molecule has 140 valence electrons. The van der Waals surface area contributed by atoms with Crippen molar-refractivity contribution in [3.8, 4) is 6.07 Å². The van der Waals surface area contributed by atoms with Gasteiger partial charge in [-0.15, -0.1) is 0 Å². The number of pyridine rings is 1. The second kappa shape index (κ2) is 7.08. The molecule has 3 heterocycles. The average molecular weight is 392 g/mol. The Morgan fingerprint density at radius 2 is 2.07 bits per heavy atom. The number of nitrogens with zero attached hydrogens (tertiary/aromatic N) is 5. The first kappa shape index (κ1) is 19.0. The van der Waals surface area contributed by atoms with Crippen molar-refractivity contribution in [1.29, 1.82) is 5.26 Å². The number of hydrogen-bond acceptors (Lipinski definition) is 6. The van der Waals surface area contributed by atoms with Crippen LogP contribution < -0.4 is 5.73 Å². The van der Waals surface area contributed by atoms with Gasteiger partial charge in [-0.2, -0.15) is 18.4 Å². The maximum Gasteiger partial charge on any atom is 0.393 e. The fraction of sp³-hybridized carbons (Fsp3) is 0.294.